The number of nitrogens with zero attached hydrogens (tertiary/aromatic N) is 1. The van der Waals surface area contributed by atoms with Crippen LogP contribution in [0.2, 0.25) is 5.02 Å². The summed E-state index contributed by atoms with van der Waals surface area (Å²) >= 11 is 12.7. The van der Waals surface area contributed by atoms with Gasteiger partial charge in [-0.1, -0.05) is 53.8 Å². The topological polar surface area (TPSA) is 58.6 Å². The van der Waals surface area contributed by atoms with E-state index in [-0.39, 0.29) is 18.2 Å². The van der Waals surface area contributed by atoms with Crippen molar-refractivity contribution in [2.75, 3.05) is 19.0 Å². The molecule has 1 fully saturated rings. The molecule has 2 amide bonds. The normalized spacial score (nSPS) is 15.1. The van der Waals surface area contributed by atoms with E-state index in [4.69, 9.17) is 28.6 Å². The Hall–Kier alpha value is -2.35. The number of halogens is 1. The van der Waals surface area contributed by atoms with Crippen LogP contribution in [0, 0.1) is 0 Å². The highest BCUT2D eigenvalue weighted by Crippen LogP contribution is 2.33. The quantitative estimate of drug-likeness (QED) is 0.480. The number of carbonyl (C=O) groups is 2. The molecule has 2 aromatic rings. The van der Waals surface area contributed by atoms with Gasteiger partial charge < -0.3 is 10.1 Å². The summed E-state index contributed by atoms with van der Waals surface area (Å²) < 4.78 is 5.58. The Morgan fingerprint density at radius 2 is 1.97 bits per heavy atom. The minimum atomic E-state index is -0.157. The van der Waals surface area contributed by atoms with Gasteiger partial charge in [-0.3, -0.25) is 14.5 Å². The molecule has 5 nitrogen and oxygen atoms in total. The van der Waals surface area contributed by atoms with Gasteiger partial charge in [-0.05, 0) is 48.4 Å². The highest BCUT2D eigenvalue weighted by molar-refractivity contribution is 8.26. The molecular weight excluding hydrogens is 428 g/mol. The first-order valence-corrected chi connectivity index (χ1v) is 10.5. The van der Waals surface area contributed by atoms with Crippen LogP contribution in [-0.4, -0.2) is 34.7 Å². The van der Waals surface area contributed by atoms with Crippen LogP contribution in [0.3, 0.4) is 0 Å². The van der Waals surface area contributed by atoms with E-state index in [2.05, 4.69) is 5.32 Å². The van der Waals surface area contributed by atoms with Crippen molar-refractivity contribution in [1.29, 1.82) is 0 Å². The molecule has 150 valence electrons. The molecule has 0 atom stereocenters. The van der Waals surface area contributed by atoms with Gasteiger partial charge in [0.25, 0.3) is 5.91 Å². The van der Waals surface area contributed by atoms with Gasteiger partial charge in [-0.15, -0.1) is 0 Å². The van der Waals surface area contributed by atoms with Gasteiger partial charge in [0.15, 0.2) is 0 Å². The van der Waals surface area contributed by atoms with Crippen molar-refractivity contribution in [1.82, 2.24) is 4.90 Å². The van der Waals surface area contributed by atoms with Gasteiger partial charge in [0, 0.05) is 23.7 Å². The number of methoxy groups -OCH3 is 1. The van der Waals surface area contributed by atoms with E-state index in [1.165, 1.54) is 16.7 Å². The van der Waals surface area contributed by atoms with Crippen molar-refractivity contribution in [3.8, 4) is 5.75 Å². The molecule has 0 spiro atoms. The molecular formula is C21H19ClN2O3S2. The molecule has 0 saturated carbocycles. The molecule has 0 aliphatic carbocycles. The zero-order chi connectivity index (χ0) is 20.8. The van der Waals surface area contributed by atoms with Crippen LogP contribution in [0.15, 0.2) is 53.4 Å². The zero-order valence-corrected chi connectivity index (χ0v) is 18.1. The van der Waals surface area contributed by atoms with Crippen LogP contribution in [-0.2, 0) is 9.59 Å². The summed E-state index contributed by atoms with van der Waals surface area (Å²) in [6.45, 7) is 0.389. The van der Waals surface area contributed by atoms with E-state index in [0.717, 1.165) is 11.3 Å². The summed E-state index contributed by atoms with van der Waals surface area (Å²) in [6, 6.07) is 14.4. The van der Waals surface area contributed by atoms with E-state index in [0.29, 0.717) is 32.9 Å². The summed E-state index contributed by atoms with van der Waals surface area (Å²) in [5.74, 6) is 0.449. The lowest BCUT2D eigenvalue weighted by molar-refractivity contribution is -0.122. The maximum absolute atomic E-state index is 12.7. The number of carbonyl (C=O) groups excluding carboxylic acids is 2. The predicted molar refractivity (Wildman–Crippen MR) is 122 cm³/mol. The molecule has 2 aromatic carbocycles. The molecule has 0 unspecified atom stereocenters. The van der Waals surface area contributed by atoms with Crippen molar-refractivity contribution in [2.45, 2.75) is 12.8 Å². The first-order chi connectivity index (χ1) is 14.0. The lowest BCUT2D eigenvalue weighted by atomic mass is 10.2. The van der Waals surface area contributed by atoms with Crippen LogP contribution in [0.1, 0.15) is 18.4 Å². The summed E-state index contributed by atoms with van der Waals surface area (Å²) in [7, 11) is 1.59. The maximum atomic E-state index is 12.7. The Morgan fingerprint density at radius 1 is 1.24 bits per heavy atom. The van der Waals surface area contributed by atoms with Crippen molar-refractivity contribution < 1.29 is 14.3 Å². The molecule has 0 bridgehead atoms. The monoisotopic (exact) mass is 446 g/mol. The molecule has 1 heterocycles. The predicted octanol–water partition coefficient (Wildman–Crippen LogP) is 4.97. The van der Waals surface area contributed by atoms with Crippen LogP contribution in [0.4, 0.5) is 5.69 Å². The van der Waals surface area contributed by atoms with Crippen LogP contribution < -0.4 is 10.1 Å². The first-order valence-electron chi connectivity index (χ1n) is 8.92. The number of hydrogen-bond acceptors (Lipinski definition) is 5. The Labute approximate surface area is 184 Å². The second-order valence-corrected chi connectivity index (χ2v) is 8.32. The largest absolute Gasteiger partial charge is 0.497 e. The smallest absolute Gasteiger partial charge is 0.266 e. The number of rotatable bonds is 7. The summed E-state index contributed by atoms with van der Waals surface area (Å²) in [4.78, 5) is 26.9. The second kappa shape index (κ2) is 9.91. The van der Waals surface area contributed by atoms with Gasteiger partial charge in [0.05, 0.1) is 12.0 Å². The van der Waals surface area contributed by atoms with Gasteiger partial charge >= 0.3 is 0 Å². The molecule has 1 aliphatic rings. The average molecular weight is 447 g/mol. The van der Waals surface area contributed by atoms with Gasteiger partial charge in [-0.2, -0.15) is 0 Å². The highest BCUT2D eigenvalue weighted by Gasteiger charge is 2.31. The van der Waals surface area contributed by atoms with Gasteiger partial charge in [0.1, 0.15) is 10.1 Å². The fraction of sp³-hybridized carbons (Fsp3) is 0.190. The third-order valence-corrected chi connectivity index (χ3v) is 5.95. The number of ether oxygens (including phenoxy) is 1. The summed E-state index contributed by atoms with van der Waals surface area (Å²) in [5.41, 5.74) is 1.47. The third kappa shape index (κ3) is 5.59. The maximum Gasteiger partial charge on any atom is 0.266 e. The third-order valence-electron chi connectivity index (χ3n) is 4.22. The van der Waals surface area contributed by atoms with E-state index in [9.17, 15) is 9.59 Å². The Morgan fingerprint density at radius 3 is 2.66 bits per heavy atom. The number of thiocarbonyl (C=S) groups is 1. The standard InChI is InChI=1S/C21H19ClN2O3S2/c1-27-16-10-8-15(9-11-16)23-19(25)7-4-12-24-20(26)18(29-21(24)28)13-14-5-2-3-6-17(14)22/h2-3,5-6,8-11,13H,4,7,12H2,1H3,(H,23,25)/b18-13+. The average Bonchev–Trinajstić information content (AvgIpc) is 2.97. The van der Waals surface area contributed by atoms with E-state index >= 15 is 0 Å². The van der Waals surface area contributed by atoms with Gasteiger partial charge in [0.2, 0.25) is 5.91 Å². The fourth-order valence-corrected chi connectivity index (χ4v) is 4.21. The molecule has 1 saturated heterocycles. The Kier molecular flexibility index (Phi) is 7.30. The lowest BCUT2D eigenvalue weighted by Gasteiger charge is -2.14. The molecule has 29 heavy (non-hydrogen) atoms. The minimum Gasteiger partial charge on any atom is -0.497 e. The second-order valence-electron chi connectivity index (χ2n) is 6.24. The number of benzene rings is 2. The number of hydrogen-bond donors (Lipinski definition) is 1. The summed E-state index contributed by atoms with van der Waals surface area (Å²) in [6.07, 6.45) is 2.54. The highest BCUT2D eigenvalue weighted by atomic mass is 35.5. The van der Waals surface area contributed by atoms with Crippen molar-refractivity contribution in [3.63, 3.8) is 0 Å². The van der Waals surface area contributed by atoms with Crippen LogP contribution >= 0.6 is 35.6 Å². The Bertz CT molecular complexity index is 961. The van der Waals surface area contributed by atoms with E-state index < -0.39 is 0 Å². The molecule has 1 N–H and O–H groups in total. The van der Waals surface area contributed by atoms with Crippen LogP contribution in [0.5, 0.6) is 5.75 Å². The lowest BCUT2D eigenvalue weighted by Crippen LogP contribution is -2.29. The van der Waals surface area contributed by atoms with Gasteiger partial charge in [-0.25, -0.2) is 0 Å². The molecule has 0 aromatic heterocycles. The number of nitrogens with one attached hydrogen (secondary N) is 1. The van der Waals surface area contributed by atoms with Crippen molar-refractivity contribution in [3.05, 3.63) is 64.0 Å². The minimum absolute atomic E-state index is 0.118. The molecule has 3 rings (SSSR count). The Balaban J connectivity index is 1.52. The molecule has 8 heteroatoms. The number of thioether (sulfide) groups is 1. The van der Waals surface area contributed by atoms with Crippen molar-refractivity contribution >= 4 is 63.5 Å². The molecule has 0 radical (unpaired) electrons. The molecule has 1 aliphatic heterocycles. The van der Waals surface area contributed by atoms with Crippen molar-refractivity contribution in [2.24, 2.45) is 0 Å². The summed E-state index contributed by atoms with van der Waals surface area (Å²) in [5, 5.41) is 3.40. The number of anilines is 1. The van der Waals surface area contributed by atoms with E-state index in [1.54, 1.807) is 43.5 Å². The zero-order valence-electron chi connectivity index (χ0n) is 15.7. The van der Waals surface area contributed by atoms with Crippen LogP contribution in [0.25, 0.3) is 6.08 Å². The first kappa shape index (κ1) is 21.4. The van der Waals surface area contributed by atoms with E-state index in [1.807, 2.05) is 18.2 Å². The fourth-order valence-electron chi connectivity index (χ4n) is 2.72. The number of amides is 2. The SMILES string of the molecule is COc1ccc(NC(=O)CCCN2C(=O)/C(=C\c3ccccc3Cl)SC2=S)cc1.